The van der Waals surface area contributed by atoms with Crippen LogP contribution in [-0.4, -0.2) is 41.8 Å². The molecule has 2 fully saturated rings. The third kappa shape index (κ3) is 2.76. The number of fused-ring (bicyclic) bond motifs is 5. The molecule has 0 spiro atoms. The Kier molecular flexibility index (Phi) is 4.85. The largest absolute Gasteiger partial charge is 0.486 e. The SMILES string of the molecule is COC(=O)C[C@H]1C(C)(C)C(=O)C=C2O[C@@]3(C)C4=CC[C@@H](C5=C[C@@H](O)OC5=O)[C@]4(C)CC[C@@H]3[C@@]21C. The third-order valence-electron chi connectivity index (χ3n) is 9.92. The van der Waals surface area contributed by atoms with Crippen LogP contribution in [0.25, 0.3) is 0 Å². The summed E-state index contributed by atoms with van der Waals surface area (Å²) in [5, 5.41) is 9.84. The molecule has 0 amide bonds. The molecule has 0 aromatic rings. The summed E-state index contributed by atoms with van der Waals surface area (Å²) in [5.74, 6) is -0.471. The predicted octanol–water partition coefficient (Wildman–Crippen LogP) is 3.62. The van der Waals surface area contributed by atoms with Crippen LogP contribution in [0.4, 0.5) is 0 Å². The first-order chi connectivity index (χ1) is 15.8. The Hall–Kier alpha value is -2.41. The number of carbonyl (C=O) groups excluding carboxylic acids is 3. The number of ether oxygens (including phenoxy) is 3. The Morgan fingerprint density at radius 2 is 1.91 bits per heavy atom. The fourth-order valence-electron chi connectivity index (χ4n) is 8.12. The van der Waals surface area contributed by atoms with Gasteiger partial charge in [0.1, 0.15) is 11.4 Å². The number of hydrogen-bond donors (Lipinski definition) is 1. The van der Waals surface area contributed by atoms with E-state index in [0.29, 0.717) is 17.8 Å². The van der Waals surface area contributed by atoms with Gasteiger partial charge in [0.25, 0.3) is 0 Å². The van der Waals surface area contributed by atoms with E-state index in [1.165, 1.54) is 13.2 Å². The molecule has 2 heterocycles. The topological polar surface area (TPSA) is 99.1 Å². The molecular weight excluding hydrogens is 436 g/mol. The van der Waals surface area contributed by atoms with E-state index in [1.54, 1.807) is 6.08 Å². The van der Waals surface area contributed by atoms with Gasteiger partial charge < -0.3 is 19.3 Å². The maximum absolute atomic E-state index is 13.2. The first-order valence-corrected chi connectivity index (χ1v) is 12.1. The van der Waals surface area contributed by atoms with Gasteiger partial charge in [-0.25, -0.2) is 4.79 Å². The number of aliphatic hydroxyl groups excluding tert-OH is 1. The van der Waals surface area contributed by atoms with E-state index < -0.39 is 28.7 Å². The summed E-state index contributed by atoms with van der Waals surface area (Å²) in [4.78, 5) is 38.1. The molecule has 5 aliphatic rings. The van der Waals surface area contributed by atoms with Crippen molar-refractivity contribution in [1.29, 1.82) is 0 Å². The maximum atomic E-state index is 13.2. The molecule has 7 nitrogen and oxygen atoms in total. The fourth-order valence-corrected chi connectivity index (χ4v) is 8.12. The van der Waals surface area contributed by atoms with Crippen LogP contribution in [0.5, 0.6) is 0 Å². The Morgan fingerprint density at radius 3 is 2.53 bits per heavy atom. The highest BCUT2D eigenvalue weighted by molar-refractivity contribution is 5.97. The highest BCUT2D eigenvalue weighted by Crippen LogP contribution is 2.71. The van der Waals surface area contributed by atoms with Crippen molar-refractivity contribution in [3.8, 4) is 0 Å². The van der Waals surface area contributed by atoms with Crippen molar-refractivity contribution in [2.75, 3.05) is 7.11 Å². The lowest BCUT2D eigenvalue weighted by Gasteiger charge is -2.53. The molecular formula is C27H34O7. The molecule has 7 heteroatoms. The minimum absolute atomic E-state index is 0.0370. The highest BCUT2D eigenvalue weighted by Gasteiger charge is 2.70. The summed E-state index contributed by atoms with van der Waals surface area (Å²) in [6.45, 7) is 10.2. The van der Waals surface area contributed by atoms with Crippen molar-refractivity contribution in [3.05, 3.63) is 35.1 Å². The smallest absolute Gasteiger partial charge is 0.336 e. The zero-order chi connectivity index (χ0) is 24.8. The standard InChI is InChI=1S/C27H34O7/c1-24(2)18(12-21(29)32-6)26(4)17-9-10-25(3)15(14-11-22(30)33-23(14)31)7-8-16(25)27(17,5)34-20(26)13-19(24)28/h8,11,13,15,17-18,22,30H,7,9-10,12H2,1-6H3/t15-,17+,18-,22-,25-,26+,27-/m0/s1. The molecule has 0 unspecified atom stereocenters. The lowest BCUT2D eigenvalue weighted by Crippen LogP contribution is -2.54. The Bertz CT molecular complexity index is 1080. The van der Waals surface area contributed by atoms with Crippen LogP contribution in [-0.2, 0) is 28.6 Å². The van der Waals surface area contributed by atoms with Crippen LogP contribution in [0.3, 0.4) is 0 Å². The van der Waals surface area contributed by atoms with E-state index in [2.05, 4.69) is 26.8 Å². The number of cyclic esters (lactones) is 1. The molecule has 0 bridgehead atoms. The van der Waals surface area contributed by atoms with Crippen LogP contribution >= 0.6 is 0 Å². The second kappa shape index (κ2) is 7.06. The zero-order valence-electron chi connectivity index (χ0n) is 20.8. The molecule has 1 saturated carbocycles. The van der Waals surface area contributed by atoms with Gasteiger partial charge in [-0.1, -0.05) is 33.8 Å². The van der Waals surface area contributed by atoms with Crippen LogP contribution in [0, 0.1) is 34.0 Å². The molecule has 34 heavy (non-hydrogen) atoms. The number of aliphatic hydroxyl groups is 1. The normalized spacial score (nSPS) is 44.1. The maximum Gasteiger partial charge on any atom is 0.336 e. The monoisotopic (exact) mass is 470 g/mol. The van der Waals surface area contributed by atoms with Gasteiger partial charge in [-0.05, 0) is 49.2 Å². The van der Waals surface area contributed by atoms with E-state index in [4.69, 9.17) is 14.2 Å². The summed E-state index contributed by atoms with van der Waals surface area (Å²) in [7, 11) is 1.38. The zero-order valence-corrected chi connectivity index (χ0v) is 20.8. The second-order valence-corrected chi connectivity index (χ2v) is 11.8. The summed E-state index contributed by atoms with van der Waals surface area (Å²) in [6, 6.07) is 0. The Morgan fingerprint density at radius 1 is 1.21 bits per heavy atom. The summed E-state index contributed by atoms with van der Waals surface area (Å²) >= 11 is 0. The van der Waals surface area contributed by atoms with Crippen LogP contribution in [0.2, 0.25) is 0 Å². The molecule has 1 N–H and O–H groups in total. The quantitative estimate of drug-likeness (QED) is 0.497. The first kappa shape index (κ1) is 23.3. The third-order valence-corrected chi connectivity index (χ3v) is 9.92. The summed E-state index contributed by atoms with van der Waals surface area (Å²) < 4.78 is 16.8. The van der Waals surface area contributed by atoms with Gasteiger partial charge >= 0.3 is 11.9 Å². The van der Waals surface area contributed by atoms with Crippen molar-refractivity contribution in [3.63, 3.8) is 0 Å². The van der Waals surface area contributed by atoms with Crippen LogP contribution in [0.15, 0.2) is 35.1 Å². The molecule has 1 saturated heterocycles. The van der Waals surface area contributed by atoms with Crippen molar-refractivity contribution in [2.45, 2.75) is 72.2 Å². The molecule has 0 radical (unpaired) electrons. The minimum Gasteiger partial charge on any atom is -0.486 e. The number of ketones is 1. The van der Waals surface area contributed by atoms with E-state index in [0.717, 1.165) is 18.4 Å². The average molecular weight is 471 g/mol. The predicted molar refractivity (Wildman–Crippen MR) is 122 cm³/mol. The van der Waals surface area contributed by atoms with Crippen LogP contribution in [0.1, 0.15) is 60.3 Å². The van der Waals surface area contributed by atoms with Gasteiger partial charge in [0.15, 0.2) is 5.78 Å². The second-order valence-electron chi connectivity index (χ2n) is 11.8. The van der Waals surface area contributed by atoms with Gasteiger partial charge in [0.05, 0.1) is 13.5 Å². The number of carbonyl (C=O) groups is 3. The van der Waals surface area contributed by atoms with E-state index in [-0.39, 0.29) is 41.3 Å². The van der Waals surface area contributed by atoms with Crippen molar-refractivity contribution in [2.24, 2.45) is 34.0 Å². The van der Waals surface area contributed by atoms with Crippen molar-refractivity contribution < 1.29 is 33.7 Å². The number of esters is 2. The molecule has 7 atom stereocenters. The van der Waals surface area contributed by atoms with E-state index >= 15 is 0 Å². The fraction of sp³-hybridized carbons (Fsp3) is 0.667. The molecule has 3 aliphatic carbocycles. The number of hydrogen-bond acceptors (Lipinski definition) is 7. The Balaban J connectivity index is 1.57. The van der Waals surface area contributed by atoms with Gasteiger partial charge in [0, 0.05) is 34.3 Å². The van der Waals surface area contributed by atoms with Gasteiger partial charge in [0.2, 0.25) is 6.29 Å². The molecule has 5 rings (SSSR count). The lowest BCUT2D eigenvalue weighted by molar-refractivity contribution is -0.152. The van der Waals surface area contributed by atoms with Crippen molar-refractivity contribution >= 4 is 17.7 Å². The number of rotatable bonds is 3. The summed E-state index contributed by atoms with van der Waals surface area (Å²) in [5.41, 5.74) is -0.578. The number of allylic oxidation sites excluding steroid dienone is 3. The molecule has 184 valence electrons. The van der Waals surface area contributed by atoms with E-state index in [1.807, 2.05) is 13.8 Å². The average Bonchev–Trinajstić information content (AvgIpc) is 3.34. The minimum atomic E-state index is -1.19. The first-order valence-electron chi connectivity index (χ1n) is 12.1. The van der Waals surface area contributed by atoms with Crippen LogP contribution < -0.4 is 0 Å². The summed E-state index contributed by atoms with van der Waals surface area (Å²) in [6.07, 6.45) is 6.62. The molecule has 0 aromatic carbocycles. The molecule has 0 aromatic heterocycles. The van der Waals surface area contributed by atoms with Gasteiger partial charge in [-0.3, -0.25) is 9.59 Å². The highest BCUT2D eigenvalue weighted by atomic mass is 16.6. The number of methoxy groups -OCH3 is 1. The van der Waals surface area contributed by atoms with Gasteiger partial charge in [-0.2, -0.15) is 0 Å². The van der Waals surface area contributed by atoms with Gasteiger partial charge in [-0.15, -0.1) is 0 Å². The lowest BCUT2D eigenvalue weighted by atomic mass is 9.47. The van der Waals surface area contributed by atoms with Crippen molar-refractivity contribution in [1.82, 2.24) is 0 Å². The molecule has 2 aliphatic heterocycles. The van der Waals surface area contributed by atoms with E-state index in [9.17, 15) is 19.5 Å². The Labute approximate surface area is 200 Å².